The van der Waals surface area contributed by atoms with E-state index in [0.29, 0.717) is 5.57 Å². The number of fused-ring (bicyclic) bond motifs is 3. The van der Waals surface area contributed by atoms with Crippen LogP contribution in [0.25, 0.3) is 0 Å². The average Bonchev–Trinajstić information content (AvgIpc) is 2.95. The molecule has 1 saturated carbocycles. The molecule has 4 aliphatic rings. The van der Waals surface area contributed by atoms with Crippen molar-refractivity contribution in [3.63, 3.8) is 0 Å². The maximum Gasteiger partial charge on any atom is 0.409 e. The molecular weight excluding hydrogens is 300 g/mol. The number of rotatable bonds is 2. The van der Waals surface area contributed by atoms with Crippen molar-refractivity contribution >= 4 is 12.0 Å². The zero-order chi connectivity index (χ0) is 16.2. The van der Waals surface area contributed by atoms with Gasteiger partial charge < -0.3 is 24.4 Å². The molecule has 0 spiro atoms. The van der Waals surface area contributed by atoms with Crippen molar-refractivity contribution in [3.05, 3.63) is 11.8 Å². The summed E-state index contributed by atoms with van der Waals surface area (Å²) < 4.78 is 16.8. The Morgan fingerprint density at radius 1 is 1.39 bits per heavy atom. The van der Waals surface area contributed by atoms with Crippen molar-refractivity contribution in [2.45, 2.75) is 44.2 Å². The Balaban J connectivity index is 1.58. The molecule has 7 nitrogen and oxygen atoms in total. The second-order valence-electron chi connectivity index (χ2n) is 6.89. The second-order valence-corrected chi connectivity index (χ2v) is 6.89. The maximum absolute atomic E-state index is 12.8. The zero-order valence-electron chi connectivity index (χ0n) is 13.4. The first kappa shape index (κ1) is 14.8. The van der Waals surface area contributed by atoms with Crippen LogP contribution in [0.2, 0.25) is 0 Å². The molecule has 3 heterocycles. The molecule has 23 heavy (non-hydrogen) atoms. The fourth-order valence-electron chi connectivity index (χ4n) is 4.29. The van der Waals surface area contributed by atoms with Crippen molar-refractivity contribution in [2.75, 3.05) is 20.1 Å². The van der Waals surface area contributed by atoms with Crippen LogP contribution >= 0.6 is 0 Å². The van der Waals surface area contributed by atoms with Crippen molar-refractivity contribution in [3.8, 4) is 0 Å². The van der Waals surface area contributed by atoms with Crippen LogP contribution in [0.4, 0.5) is 4.79 Å². The average molecular weight is 322 g/mol. The van der Waals surface area contributed by atoms with E-state index < -0.39 is 12.4 Å². The molecule has 126 valence electrons. The highest BCUT2D eigenvalue weighted by molar-refractivity contribution is 5.94. The van der Waals surface area contributed by atoms with Crippen molar-refractivity contribution in [1.29, 1.82) is 0 Å². The molecule has 0 aromatic heterocycles. The molecule has 0 radical (unpaired) electrons. The Bertz CT molecular complexity index is 571. The third-order valence-corrected chi connectivity index (χ3v) is 5.63. The Morgan fingerprint density at radius 3 is 2.83 bits per heavy atom. The predicted molar refractivity (Wildman–Crippen MR) is 79.2 cm³/mol. The van der Waals surface area contributed by atoms with E-state index in [-0.39, 0.29) is 29.4 Å². The predicted octanol–water partition coefficient (Wildman–Crippen LogP) is 0.999. The number of likely N-dealkylation sites (tertiary alicyclic amines) is 1. The summed E-state index contributed by atoms with van der Waals surface area (Å²) in [5.74, 6) is -0.0626. The number of carbonyl (C=O) groups is 2. The largest absolute Gasteiger partial charge is 0.461 e. The van der Waals surface area contributed by atoms with Crippen LogP contribution in [-0.2, 0) is 19.0 Å². The van der Waals surface area contributed by atoms with E-state index in [1.807, 2.05) is 11.8 Å². The Kier molecular flexibility index (Phi) is 3.30. The smallest absolute Gasteiger partial charge is 0.409 e. The highest BCUT2D eigenvalue weighted by atomic mass is 16.7. The molecule has 0 aromatic rings. The fraction of sp³-hybridized carbons (Fsp3) is 0.750. The van der Waals surface area contributed by atoms with Gasteiger partial charge in [0.2, 0.25) is 0 Å². The number of hydrogen-bond donors (Lipinski definition) is 1. The summed E-state index contributed by atoms with van der Waals surface area (Å²) in [4.78, 5) is 26.2. The first-order valence-electron chi connectivity index (χ1n) is 8.25. The fourth-order valence-corrected chi connectivity index (χ4v) is 4.29. The molecule has 5 atom stereocenters. The molecule has 4 rings (SSSR count). The lowest BCUT2D eigenvalue weighted by molar-refractivity contribution is -0.145. The van der Waals surface area contributed by atoms with Gasteiger partial charge >= 0.3 is 6.09 Å². The number of nitrogens with one attached hydrogen (secondary N) is 1. The zero-order valence-corrected chi connectivity index (χ0v) is 13.4. The molecule has 7 heteroatoms. The van der Waals surface area contributed by atoms with Gasteiger partial charge in [-0.3, -0.25) is 4.79 Å². The highest BCUT2D eigenvalue weighted by Gasteiger charge is 2.71. The lowest BCUT2D eigenvalue weighted by Gasteiger charge is -2.36. The minimum absolute atomic E-state index is 0.0234. The van der Waals surface area contributed by atoms with Crippen molar-refractivity contribution < 1.29 is 23.8 Å². The van der Waals surface area contributed by atoms with E-state index in [0.717, 1.165) is 32.4 Å². The van der Waals surface area contributed by atoms with Crippen molar-refractivity contribution in [1.82, 2.24) is 10.2 Å². The lowest BCUT2D eigenvalue weighted by Crippen LogP contribution is -2.46. The van der Waals surface area contributed by atoms with Crippen LogP contribution in [0.1, 0.15) is 26.2 Å². The molecule has 2 saturated heterocycles. The number of ether oxygens (including phenoxy) is 3. The summed E-state index contributed by atoms with van der Waals surface area (Å²) in [6.07, 6.45) is 3.26. The summed E-state index contributed by atoms with van der Waals surface area (Å²) in [7, 11) is 1.51. The molecule has 2 amide bonds. The van der Waals surface area contributed by atoms with Gasteiger partial charge in [-0.05, 0) is 26.2 Å². The third kappa shape index (κ3) is 2.21. The van der Waals surface area contributed by atoms with Gasteiger partial charge in [-0.25, -0.2) is 4.79 Å². The number of alkyl carbamates (subject to hydrolysis) is 1. The number of hydrogen-bond acceptors (Lipinski definition) is 5. The first-order valence-corrected chi connectivity index (χ1v) is 8.25. The van der Waals surface area contributed by atoms with Gasteiger partial charge in [-0.1, -0.05) is 0 Å². The van der Waals surface area contributed by atoms with E-state index in [9.17, 15) is 9.59 Å². The van der Waals surface area contributed by atoms with Crippen LogP contribution in [0.3, 0.4) is 0 Å². The van der Waals surface area contributed by atoms with Gasteiger partial charge in [0.1, 0.15) is 5.60 Å². The van der Waals surface area contributed by atoms with Crippen molar-refractivity contribution in [2.24, 2.45) is 11.8 Å². The number of amides is 2. The van der Waals surface area contributed by atoms with Gasteiger partial charge in [0.25, 0.3) is 12.2 Å². The van der Waals surface area contributed by atoms with Gasteiger partial charge in [-0.15, -0.1) is 0 Å². The van der Waals surface area contributed by atoms with E-state index >= 15 is 0 Å². The maximum atomic E-state index is 12.8. The standard InChI is InChI=1S/C16H22N2O5/c1-16-11(23-16)7-9-10(13(19)18-5-3-4-6-18)8-21-14(12(9)16)22-15(20)17-2/h8-9,11-12,14H,3-7H2,1-2H3,(H,17,20)/t9-,11+,12-,14+,16+/m1/s1. The minimum atomic E-state index is -0.715. The van der Waals surface area contributed by atoms with Gasteiger partial charge in [0.15, 0.2) is 0 Å². The van der Waals surface area contributed by atoms with Crippen LogP contribution in [0, 0.1) is 11.8 Å². The normalized spacial score (nSPS) is 40.6. The number of epoxide rings is 1. The molecule has 1 aliphatic carbocycles. The van der Waals surface area contributed by atoms with Crippen LogP contribution < -0.4 is 5.32 Å². The summed E-state index contributed by atoms with van der Waals surface area (Å²) in [6.45, 7) is 3.63. The molecule has 3 aliphatic heterocycles. The highest BCUT2D eigenvalue weighted by Crippen LogP contribution is 2.61. The number of nitrogens with zero attached hydrogens (tertiary/aromatic N) is 1. The van der Waals surface area contributed by atoms with Crippen LogP contribution in [-0.4, -0.2) is 55.0 Å². The second kappa shape index (κ2) is 5.12. The van der Waals surface area contributed by atoms with Crippen LogP contribution in [0.15, 0.2) is 11.8 Å². The Hall–Kier alpha value is -1.76. The van der Waals surface area contributed by atoms with E-state index in [4.69, 9.17) is 14.2 Å². The number of carbonyl (C=O) groups excluding carboxylic acids is 2. The first-order chi connectivity index (χ1) is 11.0. The summed E-state index contributed by atoms with van der Waals surface area (Å²) in [5.41, 5.74) is 0.333. The minimum Gasteiger partial charge on any atom is -0.461 e. The molecule has 1 N–H and O–H groups in total. The SMILES string of the molecule is CNC(=O)O[C@@H]1OC=C(C(=O)N2CCCC2)[C@H]2C[C@@H]3O[C@]3(C)[C@@H]12. The third-order valence-electron chi connectivity index (χ3n) is 5.63. The van der Waals surface area contributed by atoms with E-state index in [2.05, 4.69) is 5.32 Å². The van der Waals surface area contributed by atoms with E-state index in [1.54, 1.807) is 0 Å². The Morgan fingerprint density at radius 2 is 2.13 bits per heavy atom. The molecule has 0 unspecified atom stereocenters. The monoisotopic (exact) mass is 322 g/mol. The quantitative estimate of drug-likeness (QED) is 0.767. The Labute approximate surface area is 134 Å². The molecular formula is C16H22N2O5. The molecule has 0 bridgehead atoms. The van der Waals surface area contributed by atoms with Gasteiger partial charge in [-0.2, -0.15) is 0 Å². The summed E-state index contributed by atoms with van der Waals surface area (Å²) in [6, 6.07) is 0. The van der Waals surface area contributed by atoms with Crippen LogP contribution in [0.5, 0.6) is 0 Å². The van der Waals surface area contributed by atoms with Gasteiger partial charge in [0, 0.05) is 26.1 Å². The molecule has 0 aromatic carbocycles. The lowest BCUT2D eigenvalue weighted by atomic mass is 9.81. The topological polar surface area (TPSA) is 80.4 Å². The summed E-state index contributed by atoms with van der Waals surface area (Å²) >= 11 is 0. The van der Waals surface area contributed by atoms with Gasteiger partial charge in [0.05, 0.1) is 23.9 Å². The summed E-state index contributed by atoms with van der Waals surface area (Å²) in [5, 5.41) is 2.43. The molecule has 3 fully saturated rings. The van der Waals surface area contributed by atoms with E-state index in [1.165, 1.54) is 13.3 Å².